The monoisotopic (exact) mass is 1030 g/mol. The Labute approximate surface area is 432 Å². The fourth-order valence-corrected chi connectivity index (χ4v) is 10.6. The lowest BCUT2D eigenvalue weighted by Crippen LogP contribution is -2.60. The van der Waals surface area contributed by atoms with Crippen molar-refractivity contribution in [2.75, 3.05) is 40.6 Å². The number of amides is 1. The molecule has 4 N–H and O–H groups in total. The number of esters is 2. The number of carbonyl (C=O) groups excluding carboxylic acids is 7. The first-order valence-corrected chi connectivity index (χ1v) is 26.3. The van der Waals surface area contributed by atoms with E-state index in [9.17, 15) is 54.0 Å². The zero-order chi connectivity index (χ0) is 54.4. The fourth-order valence-electron chi connectivity index (χ4n) is 10.6. The predicted octanol–water partition coefficient (Wildman–Crippen LogP) is 5.52. The Bertz CT molecular complexity index is 2060. The molecule has 1 aliphatic carbocycles. The van der Waals surface area contributed by atoms with Crippen LogP contribution in [0.1, 0.15) is 132 Å². The number of rotatable bonds is 10. The van der Waals surface area contributed by atoms with E-state index in [0.717, 1.165) is 10.5 Å². The van der Waals surface area contributed by atoms with Gasteiger partial charge in [-0.2, -0.15) is 0 Å². The third-order valence-electron chi connectivity index (χ3n) is 15.9. The predicted molar refractivity (Wildman–Crippen MR) is 270 cm³/mol. The van der Waals surface area contributed by atoms with E-state index in [4.69, 9.17) is 23.7 Å². The van der Waals surface area contributed by atoms with E-state index in [1.54, 1.807) is 27.7 Å². The summed E-state index contributed by atoms with van der Waals surface area (Å²) in [6.07, 6.45) is 10.6. The molecule has 17 nitrogen and oxygen atoms in total. The largest absolute Gasteiger partial charge is 0.460 e. The molecule has 2 saturated heterocycles. The van der Waals surface area contributed by atoms with Crippen LogP contribution in [0, 0.1) is 46.8 Å². The molecule has 1 saturated carbocycles. The maximum atomic E-state index is 14.5. The number of nitrogens with zero attached hydrogens (tertiary/aromatic N) is 1. The summed E-state index contributed by atoms with van der Waals surface area (Å²) in [6, 6.07) is -1.23. The van der Waals surface area contributed by atoms with Crippen molar-refractivity contribution in [1.29, 1.82) is 0 Å². The average molecular weight is 1030 g/mol. The van der Waals surface area contributed by atoms with E-state index in [1.807, 2.05) is 51.2 Å². The molecule has 4 aliphatic rings. The molecule has 1 amide bonds. The van der Waals surface area contributed by atoms with Gasteiger partial charge in [0.2, 0.25) is 5.79 Å². The number of hydrogen-bond donors (Lipinski definition) is 4. The van der Waals surface area contributed by atoms with Crippen LogP contribution in [0.25, 0.3) is 0 Å². The van der Waals surface area contributed by atoms with Crippen LogP contribution in [0.15, 0.2) is 47.6 Å². The number of piperidine rings is 1. The molecule has 17 heteroatoms. The van der Waals surface area contributed by atoms with Crippen molar-refractivity contribution < 1.29 is 77.7 Å². The second-order valence-electron chi connectivity index (χ2n) is 21.8. The van der Waals surface area contributed by atoms with E-state index in [0.29, 0.717) is 57.8 Å². The minimum Gasteiger partial charge on any atom is -0.460 e. The topological polar surface area (TPSA) is 250 Å². The van der Waals surface area contributed by atoms with Crippen LogP contribution >= 0.6 is 0 Å². The Morgan fingerprint density at radius 1 is 0.863 bits per heavy atom. The molecule has 4 rings (SSSR count). The number of Topliss-reactive ketones (excluding diaryl/α,β-unsaturated/α-hetero) is 4. The van der Waals surface area contributed by atoms with Gasteiger partial charge in [-0.3, -0.25) is 28.8 Å². The molecule has 0 aromatic carbocycles. The molecule has 0 aromatic heterocycles. The van der Waals surface area contributed by atoms with Gasteiger partial charge >= 0.3 is 11.9 Å². The number of ether oxygens (including phenoxy) is 5. The van der Waals surface area contributed by atoms with Crippen molar-refractivity contribution >= 4 is 41.0 Å². The minimum atomic E-state index is -2.50. The lowest BCUT2D eigenvalue weighted by molar-refractivity contribution is -0.265. The highest BCUT2D eigenvalue weighted by atomic mass is 16.6. The summed E-state index contributed by atoms with van der Waals surface area (Å²) in [5, 5.41) is 42.0. The molecule has 3 heterocycles. The van der Waals surface area contributed by atoms with Gasteiger partial charge in [-0.1, -0.05) is 76.6 Å². The third-order valence-corrected chi connectivity index (χ3v) is 15.9. The molecule has 0 radical (unpaired) electrons. The van der Waals surface area contributed by atoms with Gasteiger partial charge in [-0.05, 0) is 115 Å². The van der Waals surface area contributed by atoms with E-state index in [-0.39, 0.29) is 55.6 Å². The number of hydrogen-bond acceptors (Lipinski definition) is 16. The van der Waals surface area contributed by atoms with Gasteiger partial charge in [0, 0.05) is 57.5 Å². The molecule has 14 atom stereocenters. The number of ketones is 4. The maximum absolute atomic E-state index is 14.5. The molecule has 0 spiro atoms. The minimum absolute atomic E-state index is 0.0229. The Hall–Kier alpha value is -4.23. The highest BCUT2D eigenvalue weighted by Crippen LogP contribution is 2.39. The summed E-state index contributed by atoms with van der Waals surface area (Å²) in [5.41, 5.74) is -0.474. The SMILES string of the molecule is COC1C(=O)C(C)/C=C(\C)C(=O)C[C@@H](C(C)CC2CC[C@@H](OC(=O)C(C)(CO)CO)[C@H](OC)C2)OC(=O)[C@@H]2CCCCN2C(=O)C(=O)[C@]2(O)O[C@@H](CC[C@H]2C)C[C@H](CO)C(C)=CC=CC=C[C@@H](C)C[C@@H](C)C1=O. The molecule has 3 fully saturated rings. The normalized spacial score (nSPS) is 34.8. The number of fused-ring (bicyclic) bond motifs is 3. The Kier molecular flexibility index (Phi) is 23.6. The molecular formula is C56H85NO16. The summed E-state index contributed by atoms with van der Waals surface area (Å²) < 4.78 is 29.4. The van der Waals surface area contributed by atoms with Crippen molar-refractivity contribution in [1.82, 2.24) is 4.90 Å². The lowest BCUT2D eigenvalue weighted by atomic mass is 9.78. The molecular weight excluding hydrogens is 943 g/mol. The van der Waals surface area contributed by atoms with Gasteiger partial charge in [0.05, 0.1) is 25.4 Å². The number of cyclic esters (lactones) is 1. The maximum Gasteiger partial charge on any atom is 0.329 e. The number of aliphatic hydroxyl groups is 4. The van der Waals surface area contributed by atoms with Crippen LogP contribution in [0.4, 0.5) is 0 Å². The van der Waals surface area contributed by atoms with Crippen LogP contribution in [0.2, 0.25) is 0 Å². The summed E-state index contributed by atoms with van der Waals surface area (Å²) >= 11 is 0. The molecule has 3 aliphatic heterocycles. The van der Waals surface area contributed by atoms with Crippen LogP contribution in [0.5, 0.6) is 0 Å². The summed E-state index contributed by atoms with van der Waals surface area (Å²) in [7, 11) is 2.79. The molecule has 0 aromatic rings. The number of carbonyl (C=O) groups is 7. The van der Waals surface area contributed by atoms with E-state index < -0.39 is 126 Å². The first-order valence-electron chi connectivity index (χ1n) is 26.3. The smallest absolute Gasteiger partial charge is 0.329 e. The number of allylic oxidation sites excluding steroid dienone is 7. The molecule has 4 unspecified atom stereocenters. The van der Waals surface area contributed by atoms with E-state index in [1.165, 1.54) is 27.2 Å². The lowest BCUT2D eigenvalue weighted by Gasteiger charge is -2.43. The van der Waals surface area contributed by atoms with Crippen LogP contribution in [0.3, 0.4) is 0 Å². The van der Waals surface area contributed by atoms with Crippen molar-refractivity contribution in [3.63, 3.8) is 0 Å². The first-order chi connectivity index (χ1) is 34.5. The van der Waals surface area contributed by atoms with Gasteiger partial charge in [-0.25, -0.2) is 4.79 Å². The summed E-state index contributed by atoms with van der Waals surface area (Å²) in [4.78, 5) is 99.0. The van der Waals surface area contributed by atoms with Gasteiger partial charge in [0.15, 0.2) is 23.5 Å². The summed E-state index contributed by atoms with van der Waals surface area (Å²) in [5.74, 6) is -10.9. The summed E-state index contributed by atoms with van der Waals surface area (Å²) in [6.45, 7) is 12.1. The molecule has 2 bridgehead atoms. The Balaban J connectivity index is 1.70. The Morgan fingerprint density at radius 2 is 1.56 bits per heavy atom. The van der Waals surface area contributed by atoms with Crippen LogP contribution in [-0.2, 0) is 57.2 Å². The quantitative estimate of drug-likeness (QED) is 0.119. The number of methoxy groups -OCH3 is 2. The van der Waals surface area contributed by atoms with Crippen molar-refractivity contribution in [2.45, 2.75) is 175 Å². The van der Waals surface area contributed by atoms with Crippen molar-refractivity contribution in [3.05, 3.63) is 47.6 Å². The van der Waals surface area contributed by atoms with Crippen LogP contribution < -0.4 is 0 Å². The Morgan fingerprint density at radius 3 is 2.21 bits per heavy atom. The van der Waals surface area contributed by atoms with E-state index >= 15 is 0 Å². The van der Waals surface area contributed by atoms with Gasteiger partial charge < -0.3 is 49.0 Å². The third kappa shape index (κ3) is 15.9. The zero-order valence-electron chi connectivity index (χ0n) is 44.9. The second-order valence-corrected chi connectivity index (χ2v) is 21.8. The average Bonchev–Trinajstić information content (AvgIpc) is 3.37. The second kappa shape index (κ2) is 28.1. The van der Waals surface area contributed by atoms with E-state index in [2.05, 4.69) is 0 Å². The number of aliphatic hydroxyl groups excluding tert-OH is 3. The zero-order valence-corrected chi connectivity index (χ0v) is 44.9. The van der Waals surface area contributed by atoms with Crippen molar-refractivity contribution in [2.24, 2.45) is 46.8 Å². The van der Waals surface area contributed by atoms with Crippen molar-refractivity contribution in [3.8, 4) is 0 Å². The van der Waals surface area contributed by atoms with Gasteiger partial charge in [0.1, 0.15) is 23.7 Å². The highest BCUT2D eigenvalue weighted by molar-refractivity contribution is 6.39. The highest BCUT2D eigenvalue weighted by Gasteiger charge is 2.53. The van der Waals surface area contributed by atoms with Gasteiger partial charge in [-0.15, -0.1) is 0 Å². The first kappa shape index (κ1) is 61.3. The molecule has 73 heavy (non-hydrogen) atoms. The standard InChI is InChI=1S/C56H85NO16/c1-33-16-12-11-13-17-34(2)41(30-58)28-42-21-19-39(7)56(68,73-42)51(64)52(65)57-23-15-14-18-43(57)53(66)71-46(29-44(61)35(3)25-38(6)49(63)50(70-10)48(62)37(5)24-33)36(4)26-40-20-22-45(47(27-40)69-9)72-54(67)55(8,31-59)32-60/h11-13,16-17,25,33,36-43,45-47,50,58-60,68H,14-15,18-24,26-32H2,1-10H3/b13-11?,16-12?,34-17?,35-25+/t33-,36?,37-,38?,39-,40?,41-,42+,43+,45-,46+,47-,50?,56-/m1/s1. The van der Waals surface area contributed by atoms with Gasteiger partial charge in [0.25, 0.3) is 11.7 Å². The fraction of sp³-hybridized carbons (Fsp3) is 0.732. The molecule has 410 valence electrons. The van der Waals surface area contributed by atoms with Crippen LogP contribution in [-0.4, -0.2) is 149 Å².